The van der Waals surface area contributed by atoms with Crippen LogP contribution in [0.25, 0.3) is 0 Å². The van der Waals surface area contributed by atoms with Gasteiger partial charge in [-0.15, -0.1) is 10.2 Å². The maximum Gasteiger partial charge on any atom is 0.192 e. The topological polar surface area (TPSA) is 88.8 Å². The number of ether oxygens (including phenoxy) is 2. The molecular formula is C22H35N7O2. The van der Waals surface area contributed by atoms with Gasteiger partial charge in [0.2, 0.25) is 0 Å². The van der Waals surface area contributed by atoms with Crippen molar-refractivity contribution in [1.29, 1.82) is 0 Å². The summed E-state index contributed by atoms with van der Waals surface area (Å²) in [6.45, 7) is 6.58. The van der Waals surface area contributed by atoms with E-state index in [0.717, 1.165) is 68.0 Å². The predicted octanol–water partition coefficient (Wildman–Crippen LogP) is 1.65. The first-order valence-electron chi connectivity index (χ1n) is 10.9. The fourth-order valence-electron chi connectivity index (χ4n) is 3.50. The molecule has 0 saturated heterocycles. The highest BCUT2D eigenvalue weighted by Gasteiger charge is 2.22. The minimum Gasteiger partial charge on any atom is -0.493 e. The Morgan fingerprint density at radius 1 is 1.32 bits per heavy atom. The summed E-state index contributed by atoms with van der Waals surface area (Å²) in [5.41, 5.74) is 1.16. The minimum absolute atomic E-state index is 0.150. The normalized spacial score (nSPS) is 16.2. The van der Waals surface area contributed by atoms with E-state index in [1.165, 1.54) is 0 Å². The van der Waals surface area contributed by atoms with Crippen LogP contribution < -0.4 is 15.4 Å². The number of benzene rings is 1. The van der Waals surface area contributed by atoms with Crippen molar-refractivity contribution in [1.82, 2.24) is 30.3 Å². The monoisotopic (exact) mass is 429 g/mol. The summed E-state index contributed by atoms with van der Waals surface area (Å²) in [4.78, 5) is 7.09. The largest absolute Gasteiger partial charge is 0.493 e. The Balaban J connectivity index is 1.64. The van der Waals surface area contributed by atoms with Crippen LogP contribution in [-0.2, 0) is 18.3 Å². The van der Waals surface area contributed by atoms with E-state index in [1.807, 2.05) is 36.7 Å². The number of nitrogens with zero attached hydrogens (tertiary/aromatic N) is 5. The second-order valence-corrected chi connectivity index (χ2v) is 7.84. The summed E-state index contributed by atoms with van der Waals surface area (Å²) in [5, 5.41) is 15.4. The van der Waals surface area contributed by atoms with Gasteiger partial charge in [0, 0.05) is 52.4 Å². The summed E-state index contributed by atoms with van der Waals surface area (Å²) in [6.07, 6.45) is 1.91. The quantitative estimate of drug-likeness (QED) is 0.337. The second-order valence-electron chi connectivity index (χ2n) is 7.84. The van der Waals surface area contributed by atoms with Gasteiger partial charge in [-0.3, -0.25) is 0 Å². The van der Waals surface area contributed by atoms with Crippen molar-refractivity contribution < 1.29 is 9.47 Å². The molecule has 170 valence electrons. The first-order chi connectivity index (χ1) is 15.1. The number of guanidine groups is 1. The molecule has 1 aromatic carbocycles. The van der Waals surface area contributed by atoms with Gasteiger partial charge in [0.15, 0.2) is 11.8 Å². The Kier molecular flexibility index (Phi) is 8.66. The molecule has 0 spiro atoms. The second kappa shape index (κ2) is 11.7. The lowest BCUT2D eigenvalue weighted by atomic mass is 10.0. The number of methoxy groups -OCH3 is 1. The summed E-state index contributed by atoms with van der Waals surface area (Å²) in [6, 6.07) is 8.33. The lowest BCUT2D eigenvalue weighted by molar-refractivity contribution is 0.180. The lowest BCUT2D eigenvalue weighted by Gasteiger charge is -2.28. The third kappa shape index (κ3) is 6.67. The Morgan fingerprint density at radius 3 is 2.94 bits per heavy atom. The van der Waals surface area contributed by atoms with E-state index in [9.17, 15) is 0 Å². The molecule has 0 amide bonds. The van der Waals surface area contributed by atoms with Gasteiger partial charge in [-0.1, -0.05) is 18.2 Å². The Bertz CT molecular complexity index is 852. The van der Waals surface area contributed by atoms with Crippen molar-refractivity contribution in [2.75, 3.05) is 47.0 Å². The summed E-state index contributed by atoms with van der Waals surface area (Å²) >= 11 is 0. The van der Waals surface area contributed by atoms with Gasteiger partial charge >= 0.3 is 0 Å². The smallest absolute Gasteiger partial charge is 0.192 e. The highest BCUT2D eigenvalue weighted by Crippen LogP contribution is 2.31. The van der Waals surface area contributed by atoms with Crippen LogP contribution in [0.3, 0.4) is 0 Å². The molecule has 9 heteroatoms. The summed E-state index contributed by atoms with van der Waals surface area (Å²) < 4.78 is 12.9. The van der Waals surface area contributed by atoms with Gasteiger partial charge in [0.1, 0.15) is 18.1 Å². The van der Waals surface area contributed by atoms with Crippen LogP contribution in [-0.4, -0.2) is 72.6 Å². The average molecular weight is 430 g/mol. The van der Waals surface area contributed by atoms with Crippen LogP contribution in [0.4, 0.5) is 0 Å². The van der Waals surface area contributed by atoms with Gasteiger partial charge in [-0.25, -0.2) is 4.99 Å². The molecular weight excluding hydrogens is 394 g/mol. The molecule has 31 heavy (non-hydrogen) atoms. The van der Waals surface area contributed by atoms with Crippen molar-refractivity contribution >= 4 is 5.96 Å². The van der Waals surface area contributed by atoms with Crippen LogP contribution in [0.1, 0.15) is 36.1 Å². The number of hydrogen-bond donors (Lipinski definition) is 2. The lowest BCUT2D eigenvalue weighted by Crippen LogP contribution is -2.43. The standard InChI is InChI=1S/C22H35N7O2/c1-17-26-27-21(29(17)3)16-24-22(23-11-13-28(2)12-7-14-30-4)25-19-10-15-31-20-9-6-5-8-18(19)20/h5-6,8-9,19H,7,10-16H2,1-4H3,(H2,23,24,25). The van der Waals surface area contributed by atoms with Gasteiger partial charge in [0.25, 0.3) is 0 Å². The minimum atomic E-state index is 0.150. The number of para-hydroxylation sites is 1. The van der Waals surface area contributed by atoms with Crippen LogP contribution in [0, 0.1) is 6.92 Å². The number of aliphatic imine (C=N–C) groups is 1. The predicted molar refractivity (Wildman–Crippen MR) is 121 cm³/mol. The van der Waals surface area contributed by atoms with Gasteiger partial charge in [0.05, 0.1) is 12.6 Å². The Labute approximate surface area is 184 Å². The van der Waals surface area contributed by atoms with Gasteiger partial charge in [-0.2, -0.15) is 0 Å². The molecule has 1 unspecified atom stereocenters. The number of aryl methyl sites for hydroxylation is 1. The number of aromatic nitrogens is 3. The van der Waals surface area contributed by atoms with E-state index in [-0.39, 0.29) is 6.04 Å². The van der Waals surface area contributed by atoms with E-state index in [4.69, 9.17) is 14.5 Å². The molecule has 1 aromatic heterocycles. The van der Waals surface area contributed by atoms with E-state index in [2.05, 4.69) is 38.8 Å². The Morgan fingerprint density at radius 2 is 2.16 bits per heavy atom. The molecule has 1 aliphatic heterocycles. The van der Waals surface area contributed by atoms with Crippen LogP contribution in [0.5, 0.6) is 5.75 Å². The first-order valence-corrected chi connectivity index (χ1v) is 10.9. The van der Waals surface area contributed by atoms with Crippen LogP contribution >= 0.6 is 0 Å². The first kappa shape index (κ1) is 23.0. The molecule has 0 fully saturated rings. The fourth-order valence-corrected chi connectivity index (χ4v) is 3.50. The number of fused-ring (bicyclic) bond motifs is 1. The van der Waals surface area contributed by atoms with Crippen molar-refractivity contribution in [3.8, 4) is 5.75 Å². The Hall–Kier alpha value is -2.65. The fraction of sp³-hybridized carbons (Fsp3) is 0.591. The highest BCUT2D eigenvalue weighted by atomic mass is 16.5. The molecule has 2 aromatic rings. The van der Waals surface area contributed by atoms with Crippen molar-refractivity contribution in [3.63, 3.8) is 0 Å². The molecule has 0 saturated carbocycles. The number of likely N-dealkylation sites (N-methyl/N-ethyl adjacent to an activating group) is 1. The zero-order valence-electron chi connectivity index (χ0n) is 19.1. The number of nitrogens with one attached hydrogen (secondary N) is 2. The summed E-state index contributed by atoms with van der Waals surface area (Å²) in [7, 11) is 5.83. The third-order valence-corrected chi connectivity index (χ3v) is 5.51. The molecule has 0 aliphatic carbocycles. The highest BCUT2D eigenvalue weighted by molar-refractivity contribution is 5.80. The van der Waals surface area contributed by atoms with Gasteiger partial charge < -0.3 is 29.6 Å². The zero-order valence-corrected chi connectivity index (χ0v) is 19.1. The molecule has 1 atom stereocenters. The van der Waals surface area contributed by atoms with Crippen molar-refractivity contribution in [2.45, 2.75) is 32.4 Å². The van der Waals surface area contributed by atoms with E-state index < -0.39 is 0 Å². The van der Waals surface area contributed by atoms with Crippen molar-refractivity contribution in [2.24, 2.45) is 12.0 Å². The molecule has 2 N–H and O–H groups in total. The molecule has 2 heterocycles. The maximum atomic E-state index is 5.80. The molecule has 9 nitrogen and oxygen atoms in total. The number of rotatable bonds is 10. The summed E-state index contributed by atoms with van der Waals surface area (Å²) in [5.74, 6) is 3.42. The van der Waals surface area contributed by atoms with E-state index >= 15 is 0 Å². The zero-order chi connectivity index (χ0) is 22.1. The maximum absolute atomic E-state index is 5.80. The molecule has 0 radical (unpaired) electrons. The van der Waals surface area contributed by atoms with Gasteiger partial charge in [-0.05, 0) is 26.5 Å². The third-order valence-electron chi connectivity index (χ3n) is 5.51. The van der Waals surface area contributed by atoms with Crippen LogP contribution in [0.2, 0.25) is 0 Å². The SMILES string of the molecule is COCCCN(C)CCNC(=NCc1nnc(C)n1C)NC1CCOc2ccccc21. The van der Waals surface area contributed by atoms with E-state index in [1.54, 1.807) is 7.11 Å². The van der Waals surface area contributed by atoms with Crippen LogP contribution in [0.15, 0.2) is 29.3 Å². The molecule has 3 rings (SSSR count). The molecule has 1 aliphatic rings. The van der Waals surface area contributed by atoms with E-state index in [0.29, 0.717) is 13.2 Å². The molecule has 0 bridgehead atoms. The number of hydrogen-bond acceptors (Lipinski definition) is 6. The van der Waals surface area contributed by atoms with Crippen molar-refractivity contribution in [3.05, 3.63) is 41.5 Å². The average Bonchev–Trinajstić information content (AvgIpc) is 3.10.